The summed E-state index contributed by atoms with van der Waals surface area (Å²) in [6.45, 7) is 11.3. The number of allylic oxidation sites excluding steroid dienone is 1. The zero-order chi connectivity index (χ0) is 17.8. The standard InChI is InChI=1S/C10H14O4.C6H8O3/c1-4-14-10(13)8(3)6-5-7(2)9(11)12;1-2-6(7)9-4-5-3-8-5/h5H,3-4,6H2,1-2H3,(H,11,12);2,5H,1,3-4H2. The van der Waals surface area contributed by atoms with E-state index in [-0.39, 0.29) is 29.6 Å². The lowest BCUT2D eigenvalue weighted by molar-refractivity contribution is -0.139. The van der Waals surface area contributed by atoms with E-state index in [1.54, 1.807) is 6.92 Å². The van der Waals surface area contributed by atoms with Crippen molar-refractivity contribution >= 4 is 17.9 Å². The number of ether oxygens (including phenoxy) is 3. The van der Waals surface area contributed by atoms with E-state index in [1.165, 1.54) is 13.0 Å². The minimum Gasteiger partial charge on any atom is -0.478 e. The summed E-state index contributed by atoms with van der Waals surface area (Å²) in [5, 5.41) is 8.52. The molecule has 1 aliphatic rings. The molecule has 1 fully saturated rings. The van der Waals surface area contributed by atoms with Crippen LogP contribution >= 0.6 is 0 Å². The molecule has 1 heterocycles. The SMILES string of the molecule is C=C(CC=C(C)C(=O)O)C(=O)OCC.C=CC(=O)OCC1CO1. The number of epoxide rings is 1. The van der Waals surface area contributed by atoms with Crippen LogP contribution in [0.2, 0.25) is 0 Å². The van der Waals surface area contributed by atoms with Crippen molar-refractivity contribution in [2.75, 3.05) is 19.8 Å². The van der Waals surface area contributed by atoms with Gasteiger partial charge in [0.05, 0.1) is 13.2 Å². The Hall–Kier alpha value is -2.41. The van der Waals surface area contributed by atoms with E-state index < -0.39 is 11.9 Å². The van der Waals surface area contributed by atoms with Gasteiger partial charge in [-0.25, -0.2) is 14.4 Å². The zero-order valence-electron chi connectivity index (χ0n) is 13.4. The second-order valence-electron chi connectivity index (χ2n) is 4.51. The predicted molar refractivity (Wildman–Crippen MR) is 82.7 cm³/mol. The average Bonchev–Trinajstić information content (AvgIpc) is 3.34. The summed E-state index contributed by atoms with van der Waals surface area (Å²) in [5.74, 6) is -1.87. The third-order valence-corrected chi connectivity index (χ3v) is 2.54. The fraction of sp³-hybridized carbons (Fsp3) is 0.438. The van der Waals surface area contributed by atoms with Crippen LogP contribution in [0.15, 0.2) is 36.5 Å². The number of rotatable bonds is 8. The molecule has 0 spiro atoms. The van der Waals surface area contributed by atoms with Gasteiger partial charge in [-0.05, 0) is 20.3 Å². The number of hydrogen-bond donors (Lipinski definition) is 1. The van der Waals surface area contributed by atoms with Crippen LogP contribution in [-0.4, -0.2) is 48.9 Å². The Kier molecular flexibility index (Phi) is 10.0. The maximum atomic E-state index is 11.0. The third-order valence-electron chi connectivity index (χ3n) is 2.54. The number of carboxylic acids is 1. The van der Waals surface area contributed by atoms with E-state index in [0.29, 0.717) is 19.8 Å². The van der Waals surface area contributed by atoms with Crippen molar-refractivity contribution in [2.45, 2.75) is 26.4 Å². The Labute approximate surface area is 135 Å². The lowest BCUT2D eigenvalue weighted by Gasteiger charge is -2.02. The van der Waals surface area contributed by atoms with Crippen LogP contribution in [0.4, 0.5) is 0 Å². The molecule has 23 heavy (non-hydrogen) atoms. The summed E-state index contributed by atoms with van der Waals surface area (Å²) >= 11 is 0. The Morgan fingerprint density at radius 1 is 1.35 bits per heavy atom. The maximum Gasteiger partial charge on any atom is 0.333 e. The van der Waals surface area contributed by atoms with Gasteiger partial charge in [0.25, 0.3) is 0 Å². The Balaban J connectivity index is 0.000000459. The molecule has 7 heteroatoms. The van der Waals surface area contributed by atoms with Gasteiger partial charge in [0, 0.05) is 17.2 Å². The van der Waals surface area contributed by atoms with Gasteiger partial charge in [-0.15, -0.1) is 0 Å². The number of carbonyl (C=O) groups is 3. The Bertz CT molecular complexity index is 487. The van der Waals surface area contributed by atoms with Crippen molar-refractivity contribution < 1.29 is 33.7 Å². The average molecular weight is 326 g/mol. The molecule has 0 aromatic carbocycles. The molecule has 1 rings (SSSR count). The van der Waals surface area contributed by atoms with Gasteiger partial charge in [0.1, 0.15) is 12.7 Å². The smallest absolute Gasteiger partial charge is 0.333 e. The molecule has 0 saturated carbocycles. The van der Waals surface area contributed by atoms with Crippen molar-refractivity contribution in [1.29, 1.82) is 0 Å². The van der Waals surface area contributed by atoms with Crippen LogP contribution in [0.3, 0.4) is 0 Å². The van der Waals surface area contributed by atoms with Crippen LogP contribution in [0.25, 0.3) is 0 Å². The summed E-state index contributed by atoms with van der Waals surface area (Å²) in [7, 11) is 0. The summed E-state index contributed by atoms with van der Waals surface area (Å²) in [6, 6.07) is 0. The van der Waals surface area contributed by atoms with Gasteiger partial charge in [-0.1, -0.05) is 19.2 Å². The van der Waals surface area contributed by atoms with Crippen LogP contribution < -0.4 is 0 Å². The predicted octanol–water partition coefficient (Wildman–Crippen LogP) is 1.64. The molecule has 0 radical (unpaired) electrons. The highest BCUT2D eigenvalue weighted by atomic mass is 16.6. The van der Waals surface area contributed by atoms with Gasteiger partial charge in [-0.2, -0.15) is 0 Å². The molecular formula is C16H22O7. The largest absolute Gasteiger partial charge is 0.478 e. The molecule has 0 amide bonds. The first-order chi connectivity index (χ1) is 10.8. The van der Waals surface area contributed by atoms with E-state index >= 15 is 0 Å². The summed E-state index contributed by atoms with van der Waals surface area (Å²) in [4.78, 5) is 31.8. The molecule has 0 aliphatic carbocycles. The lowest BCUT2D eigenvalue weighted by atomic mass is 10.1. The second-order valence-corrected chi connectivity index (χ2v) is 4.51. The Morgan fingerprint density at radius 2 is 1.96 bits per heavy atom. The summed E-state index contributed by atoms with van der Waals surface area (Å²) in [6.07, 6.45) is 2.93. The molecular weight excluding hydrogens is 304 g/mol. The second kappa shape index (κ2) is 11.2. The third kappa shape index (κ3) is 10.9. The van der Waals surface area contributed by atoms with E-state index in [1.807, 2.05) is 0 Å². The number of hydrogen-bond acceptors (Lipinski definition) is 6. The number of aliphatic carboxylic acids is 1. The van der Waals surface area contributed by atoms with Crippen LogP contribution in [-0.2, 0) is 28.6 Å². The molecule has 1 unspecified atom stereocenters. The quantitative estimate of drug-likeness (QED) is 0.411. The zero-order valence-corrected chi connectivity index (χ0v) is 13.4. The fourth-order valence-electron chi connectivity index (χ4n) is 1.08. The van der Waals surface area contributed by atoms with E-state index in [2.05, 4.69) is 22.6 Å². The van der Waals surface area contributed by atoms with Crippen molar-refractivity contribution in [3.05, 3.63) is 36.5 Å². The number of carbonyl (C=O) groups excluding carboxylic acids is 2. The van der Waals surface area contributed by atoms with Gasteiger partial charge in [-0.3, -0.25) is 0 Å². The molecule has 1 aliphatic heterocycles. The number of esters is 2. The van der Waals surface area contributed by atoms with Crippen LogP contribution in [0.5, 0.6) is 0 Å². The molecule has 128 valence electrons. The molecule has 7 nitrogen and oxygen atoms in total. The normalized spacial score (nSPS) is 15.6. The summed E-state index contributed by atoms with van der Waals surface area (Å²) < 4.78 is 14.1. The molecule has 1 atom stereocenters. The highest BCUT2D eigenvalue weighted by molar-refractivity contribution is 5.89. The van der Waals surface area contributed by atoms with Gasteiger partial charge >= 0.3 is 17.9 Å². The van der Waals surface area contributed by atoms with Crippen molar-refractivity contribution in [2.24, 2.45) is 0 Å². The first kappa shape index (κ1) is 20.6. The van der Waals surface area contributed by atoms with Crippen molar-refractivity contribution in [1.82, 2.24) is 0 Å². The van der Waals surface area contributed by atoms with E-state index in [0.717, 1.165) is 6.08 Å². The first-order valence-corrected chi connectivity index (χ1v) is 6.97. The van der Waals surface area contributed by atoms with Gasteiger partial charge in [0.2, 0.25) is 0 Å². The highest BCUT2D eigenvalue weighted by Gasteiger charge is 2.23. The Morgan fingerprint density at radius 3 is 2.39 bits per heavy atom. The minimum atomic E-state index is -0.998. The first-order valence-electron chi connectivity index (χ1n) is 6.97. The fourth-order valence-corrected chi connectivity index (χ4v) is 1.08. The monoisotopic (exact) mass is 326 g/mol. The maximum absolute atomic E-state index is 11.0. The topological polar surface area (TPSA) is 102 Å². The molecule has 0 aromatic rings. The highest BCUT2D eigenvalue weighted by Crippen LogP contribution is 2.08. The van der Waals surface area contributed by atoms with Crippen molar-refractivity contribution in [3.63, 3.8) is 0 Å². The lowest BCUT2D eigenvalue weighted by Crippen LogP contribution is -2.06. The summed E-state index contributed by atoms with van der Waals surface area (Å²) in [5.41, 5.74) is 0.447. The van der Waals surface area contributed by atoms with E-state index in [9.17, 15) is 14.4 Å². The number of carboxylic acid groups (broad SMARTS) is 1. The van der Waals surface area contributed by atoms with E-state index in [4.69, 9.17) is 9.84 Å². The molecule has 1 saturated heterocycles. The van der Waals surface area contributed by atoms with Gasteiger partial charge < -0.3 is 19.3 Å². The van der Waals surface area contributed by atoms with Crippen LogP contribution in [0.1, 0.15) is 20.3 Å². The molecule has 0 aromatic heterocycles. The van der Waals surface area contributed by atoms with Gasteiger partial charge in [0.15, 0.2) is 0 Å². The van der Waals surface area contributed by atoms with Crippen molar-refractivity contribution in [3.8, 4) is 0 Å². The molecule has 1 N–H and O–H groups in total. The molecule has 0 bridgehead atoms. The minimum absolute atomic E-state index is 0.147. The van der Waals surface area contributed by atoms with Crippen LogP contribution in [0, 0.1) is 0 Å².